The molecule has 7 nitrogen and oxygen atoms in total. The topological polar surface area (TPSA) is 79.3 Å². The zero-order valence-electron chi connectivity index (χ0n) is 17.6. The Labute approximate surface area is 172 Å². The Kier molecular flexibility index (Phi) is 6.36. The van der Waals surface area contributed by atoms with Crippen molar-refractivity contribution < 1.29 is 24.2 Å². The number of carbonyl (C=O) groups is 2. The van der Waals surface area contributed by atoms with Crippen LogP contribution in [0.4, 0.5) is 9.59 Å². The van der Waals surface area contributed by atoms with Crippen molar-refractivity contribution in [3.8, 4) is 0 Å². The van der Waals surface area contributed by atoms with Crippen LogP contribution in [0.2, 0.25) is 0 Å². The monoisotopic (exact) mass is 404 g/mol. The van der Waals surface area contributed by atoms with Gasteiger partial charge in [-0.1, -0.05) is 30.3 Å². The molecule has 0 saturated carbocycles. The molecule has 1 atom stereocenters. The van der Waals surface area contributed by atoms with E-state index in [0.29, 0.717) is 25.9 Å². The van der Waals surface area contributed by atoms with Crippen LogP contribution in [-0.2, 0) is 16.1 Å². The Balaban J connectivity index is 1.65. The van der Waals surface area contributed by atoms with Crippen LogP contribution < -0.4 is 0 Å². The molecular weight excluding hydrogens is 372 g/mol. The lowest BCUT2D eigenvalue weighted by molar-refractivity contribution is -0.00863. The van der Waals surface area contributed by atoms with E-state index in [-0.39, 0.29) is 30.9 Å². The van der Waals surface area contributed by atoms with Gasteiger partial charge in [0.05, 0.1) is 18.2 Å². The maximum absolute atomic E-state index is 13.0. The van der Waals surface area contributed by atoms with Crippen molar-refractivity contribution in [2.75, 3.05) is 19.7 Å². The molecule has 29 heavy (non-hydrogen) atoms. The third-order valence-corrected chi connectivity index (χ3v) is 5.78. The molecule has 3 rings (SSSR count). The van der Waals surface area contributed by atoms with Crippen LogP contribution in [0.15, 0.2) is 30.3 Å². The fourth-order valence-electron chi connectivity index (χ4n) is 4.30. The fourth-order valence-corrected chi connectivity index (χ4v) is 4.30. The van der Waals surface area contributed by atoms with Crippen molar-refractivity contribution in [3.63, 3.8) is 0 Å². The summed E-state index contributed by atoms with van der Waals surface area (Å²) in [5.41, 5.74) is 0.0171. The quantitative estimate of drug-likeness (QED) is 0.833. The normalized spacial score (nSPS) is 21.3. The molecular formula is C22H32N2O5. The van der Waals surface area contributed by atoms with Crippen molar-refractivity contribution in [2.24, 2.45) is 0 Å². The molecule has 0 bridgehead atoms. The summed E-state index contributed by atoms with van der Waals surface area (Å²) in [4.78, 5) is 28.8. The molecule has 160 valence electrons. The Morgan fingerprint density at radius 3 is 2.34 bits per heavy atom. The van der Waals surface area contributed by atoms with E-state index in [0.717, 1.165) is 18.4 Å². The van der Waals surface area contributed by atoms with Gasteiger partial charge in [-0.3, -0.25) is 4.90 Å². The first-order chi connectivity index (χ1) is 13.7. The number of hydrogen-bond acceptors (Lipinski definition) is 5. The summed E-state index contributed by atoms with van der Waals surface area (Å²) in [6, 6.07) is 9.31. The molecule has 2 heterocycles. The highest BCUT2D eigenvalue weighted by atomic mass is 16.6. The number of aliphatic hydroxyl groups excluding tert-OH is 1. The molecule has 2 saturated heterocycles. The van der Waals surface area contributed by atoms with E-state index in [9.17, 15) is 14.7 Å². The number of ether oxygens (including phenoxy) is 2. The first kappa shape index (κ1) is 21.4. The minimum Gasteiger partial charge on any atom is -0.445 e. The van der Waals surface area contributed by atoms with Gasteiger partial charge in [0.2, 0.25) is 0 Å². The number of likely N-dealkylation sites (tertiary alicyclic amines) is 2. The minimum absolute atomic E-state index is 0.0854. The minimum atomic E-state index is -0.533. The number of aliphatic hydroxyl groups is 1. The van der Waals surface area contributed by atoms with Gasteiger partial charge in [-0.2, -0.15) is 0 Å². The lowest BCUT2D eigenvalue weighted by Crippen LogP contribution is -2.57. The summed E-state index contributed by atoms with van der Waals surface area (Å²) >= 11 is 0. The Hall–Kier alpha value is -2.28. The predicted molar refractivity (Wildman–Crippen MR) is 108 cm³/mol. The number of nitrogens with zero attached hydrogens (tertiary/aromatic N) is 2. The van der Waals surface area contributed by atoms with Gasteiger partial charge in [-0.05, 0) is 52.0 Å². The number of amides is 2. The van der Waals surface area contributed by atoms with Gasteiger partial charge in [-0.15, -0.1) is 0 Å². The van der Waals surface area contributed by atoms with Gasteiger partial charge < -0.3 is 19.5 Å². The van der Waals surface area contributed by atoms with Crippen LogP contribution in [0.25, 0.3) is 0 Å². The molecule has 1 aromatic rings. The van der Waals surface area contributed by atoms with Crippen molar-refractivity contribution in [3.05, 3.63) is 35.9 Å². The molecule has 2 amide bonds. The second-order valence-electron chi connectivity index (χ2n) is 8.98. The van der Waals surface area contributed by atoms with E-state index >= 15 is 0 Å². The average molecular weight is 405 g/mol. The molecule has 1 spiro atoms. The van der Waals surface area contributed by atoms with E-state index in [1.807, 2.05) is 51.1 Å². The van der Waals surface area contributed by atoms with Crippen molar-refractivity contribution in [1.82, 2.24) is 9.80 Å². The predicted octanol–water partition coefficient (Wildman–Crippen LogP) is 3.55. The van der Waals surface area contributed by atoms with Gasteiger partial charge in [0.25, 0.3) is 0 Å². The smallest absolute Gasteiger partial charge is 0.410 e. The summed E-state index contributed by atoms with van der Waals surface area (Å²) in [5.74, 6) is 0. The SMILES string of the molecule is CC(C)(C)OC(=O)N1CCC2(CC[C@@H](CO)N2C(=O)OCc2ccccc2)CC1. The summed E-state index contributed by atoms with van der Waals surface area (Å²) < 4.78 is 11.1. The second-order valence-corrected chi connectivity index (χ2v) is 8.98. The van der Waals surface area contributed by atoms with Gasteiger partial charge >= 0.3 is 12.2 Å². The zero-order chi connectivity index (χ0) is 21.1. The third kappa shape index (κ3) is 5.01. The highest BCUT2D eigenvalue weighted by Gasteiger charge is 2.51. The number of piperidine rings is 1. The Morgan fingerprint density at radius 1 is 1.10 bits per heavy atom. The Bertz CT molecular complexity index is 708. The lowest BCUT2D eigenvalue weighted by Gasteiger charge is -2.45. The van der Waals surface area contributed by atoms with Crippen LogP contribution in [0, 0.1) is 0 Å². The molecule has 2 fully saturated rings. The van der Waals surface area contributed by atoms with E-state index in [1.54, 1.807) is 9.80 Å². The van der Waals surface area contributed by atoms with Crippen LogP contribution in [-0.4, -0.2) is 64.0 Å². The van der Waals surface area contributed by atoms with Gasteiger partial charge in [-0.25, -0.2) is 9.59 Å². The first-order valence-corrected chi connectivity index (χ1v) is 10.3. The molecule has 2 aliphatic rings. The van der Waals surface area contributed by atoms with E-state index in [2.05, 4.69) is 0 Å². The molecule has 1 aromatic carbocycles. The zero-order valence-corrected chi connectivity index (χ0v) is 17.6. The highest BCUT2D eigenvalue weighted by Crippen LogP contribution is 2.42. The van der Waals surface area contributed by atoms with Crippen molar-refractivity contribution >= 4 is 12.2 Å². The van der Waals surface area contributed by atoms with Gasteiger partial charge in [0.1, 0.15) is 12.2 Å². The molecule has 0 aromatic heterocycles. The molecule has 1 N–H and O–H groups in total. The number of benzene rings is 1. The van der Waals surface area contributed by atoms with Crippen LogP contribution in [0.1, 0.15) is 52.0 Å². The number of hydrogen-bond donors (Lipinski definition) is 1. The van der Waals surface area contributed by atoms with Crippen LogP contribution in [0.3, 0.4) is 0 Å². The first-order valence-electron chi connectivity index (χ1n) is 10.3. The summed E-state index contributed by atoms with van der Waals surface area (Å²) in [6.07, 6.45) is 2.15. The maximum atomic E-state index is 13.0. The number of carbonyl (C=O) groups excluding carboxylic acids is 2. The molecule has 0 aliphatic carbocycles. The summed E-state index contributed by atoms with van der Waals surface area (Å²) in [6.45, 7) is 6.72. The highest BCUT2D eigenvalue weighted by molar-refractivity contribution is 5.71. The van der Waals surface area contributed by atoms with Crippen LogP contribution in [0.5, 0.6) is 0 Å². The average Bonchev–Trinajstić information content (AvgIpc) is 3.04. The largest absolute Gasteiger partial charge is 0.445 e. The van der Waals surface area contributed by atoms with Gasteiger partial charge in [0, 0.05) is 13.1 Å². The summed E-state index contributed by atoms with van der Waals surface area (Å²) in [7, 11) is 0. The van der Waals surface area contributed by atoms with Gasteiger partial charge in [0.15, 0.2) is 0 Å². The summed E-state index contributed by atoms with van der Waals surface area (Å²) in [5, 5.41) is 9.82. The standard InChI is InChI=1S/C22H32N2O5/c1-21(2,3)29-19(26)23-13-11-22(12-14-23)10-9-18(15-25)24(22)20(27)28-16-17-7-5-4-6-8-17/h4-8,18,25H,9-16H2,1-3H3/t18-/m0/s1. The molecule has 7 heteroatoms. The van der Waals surface area contributed by atoms with E-state index < -0.39 is 11.7 Å². The van der Waals surface area contributed by atoms with E-state index in [1.165, 1.54) is 0 Å². The fraction of sp³-hybridized carbons (Fsp3) is 0.636. The maximum Gasteiger partial charge on any atom is 0.410 e. The molecule has 0 radical (unpaired) electrons. The molecule has 0 unspecified atom stereocenters. The third-order valence-electron chi connectivity index (χ3n) is 5.78. The molecule has 2 aliphatic heterocycles. The van der Waals surface area contributed by atoms with Crippen molar-refractivity contribution in [2.45, 2.75) is 70.2 Å². The van der Waals surface area contributed by atoms with Crippen LogP contribution >= 0.6 is 0 Å². The van der Waals surface area contributed by atoms with E-state index in [4.69, 9.17) is 9.47 Å². The second kappa shape index (κ2) is 8.61. The number of rotatable bonds is 3. The lowest BCUT2D eigenvalue weighted by atomic mass is 9.85. The Morgan fingerprint density at radius 2 is 1.76 bits per heavy atom. The van der Waals surface area contributed by atoms with Crippen molar-refractivity contribution in [1.29, 1.82) is 0 Å².